The lowest BCUT2D eigenvalue weighted by molar-refractivity contribution is 0.476. The summed E-state index contributed by atoms with van der Waals surface area (Å²) in [5.41, 5.74) is 0.985. The highest BCUT2D eigenvalue weighted by Crippen LogP contribution is 2.29. The van der Waals surface area contributed by atoms with Crippen molar-refractivity contribution < 1.29 is 9.13 Å². The molecule has 0 saturated carbocycles. The van der Waals surface area contributed by atoms with Crippen molar-refractivity contribution in [2.45, 2.75) is 5.33 Å². The van der Waals surface area contributed by atoms with E-state index in [1.165, 1.54) is 12.1 Å². The Morgan fingerprint density at radius 1 is 1.12 bits per heavy atom. The topological polar surface area (TPSA) is 9.23 Å². The minimum absolute atomic E-state index is 0.288. The smallest absolute Gasteiger partial charge is 0.132 e. The predicted octanol–water partition coefficient (Wildman–Crippen LogP) is 5.17. The van der Waals surface area contributed by atoms with E-state index in [2.05, 4.69) is 15.9 Å². The van der Waals surface area contributed by atoms with Crippen LogP contribution in [0, 0.1) is 5.82 Å². The Kier molecular flexibility index (Phi) is 4.02. The summed E-state index contributed by atoms with van der Waals surface area (Å²) in [6.45, 7) is 0. The summed E-state index contributed by atoms with van der Waals surface area (Å²) in [4.78, 5) is 0. The number of halogens is 3. The summed E-state index contributed by atoms with van der Waals surface area (Å²) in [6.07, 6.45) is 0. The molecule has 0 aromatic heterocycles. The molecule has 1 nitrogen and oxygen atoms in total. The molecule has 0 aliphatic heterocycles. The zero-order chi connectivity index (χ0) is 12.3. The molecular formula is C13H9BrClFO. The molecule has 0 aliphatic carbocycles. The molecule has 0 N–H and O–H groups in total. The van der Waals surface area contributed by atoms with Crippen molar-refractivity contribution in [2.75, 3.05) is 0 Å². The predicted molar refractivity (Wildman–Crippen MR) is 70.6 cm³/mol. The average molecular weight is 316 g/mol. The van der Waals surface area contributed by atoms with Gasteiger partial charge in [-0.2, -0.15) is 0 Å². The maximum Gasteiger partial charge on any atom is 0.132 e. The number of rotatable bonds is 3. The molecule has 0 spiro atoms. The highest BCUT2D eigenvalue weighted by atomic mass is 79.9. The van der Waals surface area contributed by atoms with Crippen molar-refractivity contribution in [1.82, 2.24) is 0 Å². The monoisotopic (exact) mass is 314 g/mol. The van der Waals surface area contributed by atoms with Crippen molar-refractivity contribution in [3.8, 4) is 11.5 Å². The van der Waals surface area contributed by atoms with Gasteiger partial charge in [0.25, 0.3) is 0 Å². The van der Waals surface area contributed by atoms with Crippen LogP contribution in [0.1, 0.15) is 5.56 Å². The normalized spacial score (nSPS) is 10.3. The van der Waals surface area contributed by atoms with Crippen LogP contribution in [0.4, 0.5) is 4.39 Å². The molecule has 0 heterocycles. The van der Waals surface area contributed by atoms with Crippen LogP contribution in [0.5, 0.6) is 11.5 Å². The van der Waals surface area contributed by atoms with E-state index in [0.717, 1.165) is 5.56 Å². The van der Waals surface area contributed by atoms with Crippen LogP contribution in [0.15, 0.2) is 42.5 Å². The Morgan fingerprint density at radius 2 is 1.82 bits per heavy atom. The first-order chi connectivity index (χ1) is 8.19. The summed E-state index contributed by atoms with van der Waals surface area (Å²) in [6, 6.07) is 11.3. The third-order valence-electron chi connectivity index (χ3n) is 2.21. The van der Waals surface area contributed by atoms with Gasteiger partial charge >= 0.3 is 0 Å². The zero-order valence-electron chi connectivity index (χ0n) is 8.79. The fourth-order valence-electron chi connectivity index (χ4n) is 1.36. The molecule has 2 aromatic rings. The highest BCUT2D eigenvalue weighted by Gasteiger charge is 2.05. The largest absolute Gasteiger partial charge is 0.457 e. The van der Waals surface area contributed by atoms with Gasteiger partial charge in [-0.25, -0.2) is 4.39 Å². The molecule has 0 saturated heterocycles. The van der Waals surface area contributed by atoms with Crippen LogP contribution in [0.25, 0.3) is 0 Å². The first-order valence-corrected chi connectivity index (χ1v) is 6.47. The Morgan fingerprint density at radius 3 is 2.47 bits per heavy atom. The first-order valence-electron chi connectivity index (χ1n) is 4.97. The molecule has 2 aromatic carbocycles. The number of benzene rings is 2. The van der Waals surface area contributed by atoms with E-state index in [-0.39, 0.29) is 5.82 Å². The van der Waals surface area contributed by atoms with Crippen molar-refractivity contribution >= 4 is 27.5 Å². The lowest BCUT2D eigenvalue weighted by Crippen LogP contribution is -1.89. The molecule has 0 radical (unpaired) electrons. The number of ether oxygens (including phenoxy) is 1. The minimum Gasteiger partial charge on any atom is -0.457 e. The van der Waals surface area contributed by atoms with Gasteiger partial charge in [-0.3, -0.25) is 0 Å². The average Bonchev–Trinajstić information content (AvgIpc) is 2.32. The number of hydrogen-bond acceptors (Lipinski definition) is 1. The highest BCUT2D eigenvalue weighted by molar-refractivity contribution is 9.08. The standard InChI is InChI=1S/C13H9BrClFO/c14-8-9-1-2-10(15)7-13(9)17-12-5-3-11(16)4-6-12/h1-7H,8H2. The maximum atomic E-state index is 12.8. The fourth-order valence-corrected chi connectivity index (χ4v) is 1.99. The van der Waals surface area contributed by atoms with Crippen LogP contribution in [0.3, 0.4) is 0 Å². The molecule has 0 aliphatic rings. The van der Waals surface area contributed by atoms with Crippen molar-refractivity contribution in [3.63, 3.8) is 0 Å². The van der Waals surface area contributed by atoms with Crippen LogP contribution >= 0.6 is 27.5 Å². The molecule has 0 bridgehead atoms. The number of alkyl halides is 1. The summed E-state index contributed by atoms with van der Waals surface area (Å²) in [7, 11) is 0. The zero-order valence-corrected chi connectivity index (χ0v) is 11.1. The molecule has 2 rings (SSSR count). The summed E-state index contributed by atoms with van der Waals surface area (Å²) < 4.78 is 18.4. The molecule has 0 amide bonds. The second kappa shape index (κ2) is 5.52. The number of hydrogen-bond donors (Lipinski definition) is 0. The van der Waals surface area contributed by atoms with Gasteiger partial charge in [0.2, 0.25) is 0 Å². The van der Waals surface area contributed by atoms with Gasteiger partial charge in [-0.15, -0.1) is 0 Å². The van der Waals surface area contributed by atoms with Crippen molar-refractivity contribution in [1.29, 1.82) is 0 Å². The Labute approximate surface area is 112 Å². The van der Waals surface area contributed by atoms with E-state index in [1.54, 1.807) is 24.3 Å². The summed E-state index contributed by atoms with van der Waals surface area (Å²) in [5.74, 6) is 0.959. The molecular weight excluding hydrogens is 306 g/mol. The third-order valence-corrected chi connectivity index (χ3v) is 3.05. The van der Waals surface area contributed by atoms with Crippen molar-refractivity contribution in [3.05, 3.63) is 58.9 Å². The van der Waals surface area contributed by atoms with Gasteiger partial charge < -0.3 is 4.74 Å². The van der Waals surface area contributed by atoms with Crippen molar-refractivity contribution in [2.24, 2.45) is 0 Å². The lowest BCUT2D eigenvalue weighted by atomic mass is 10.2. The van der Waals surface area contributed by atoms with E-state index in [9.17, 15) is 4.39 Å². The van der Waals surface area contributed by atoms with E-state index < -0.39 is 0 Å². The lowest BCUT2D eigenvalue weighted by Gasteiger charge is -2.09. The molecule has 17 heavy (non-hydrogen) atoms. The molecule has 0 atom stereocenters. The van der Waals surface area contributed by atoms with Crippen LogP contribution < -0.4 is 4.74 Å². The SMILES string of the molecule is Fc1ccc(Oc2cc(Cl)ccc2CBr)cc1. The van der Waals surface area contributed by atoms with E-state index in [0.29, 0.717) is 21.9 Å². The Hall–Kier alpha value is -1.06. The van der Waals surface area contributed by atoms with Gasteiger partial charge in [0.05, 0.1) is 0 Å². The van der Waals surface area contributed by atoms with E-state index in [4.69, 9.17) is 16.3 Å². The molecule has 88 valence electrons. The van der Waals surface area contributed by atoms with E-state index in [1.807, 2.05) is 6.07 Å². The Balaban J connectivity index is 2.28. The molecule has 0 unspecified atom stereocenters. The van der Waals surface area contributed by atoms with Crippen LogP contribution in [0.2, 0.25) is 5.02 Å². The van der Waals surface area contributed by atoms with Gasteiger partial charge in [-0.1, -0.05) is 33.6 Å². The fraction of sp³-hybridized carbons (Fsp3) is 0.0769. The quantitative estimate of drug-likeness (QED) is 0.710. The molecule has 4 heteroatoms. The van der Waals surface area contributed by atoms with Gasteiger partial charge in [0.1, 0.15) is 17.3 Å². The second-order valence-electron chi connectivity index (χ2n) is 3.44. The van der Waals surface area contributed by atoms with E-state index >= 15 is 0 Å². The molecule has 0 fully saturated rings. The van der Waals surface area contributed by atoms with Crippen LogP contribution in [-0.4, -0.2) is 0 Å². The van der Waals surface area contributed by atoms with Gasteiger partial charge in [0, 0.05) is 15.9 Å². The summed E-state index contributed by atoms with van der Waals surface area (Å²) in [5, 5.41) is 1.27. The second-order valence-corrected chi connectivity index (χ2v) is 4.44. The summed E-state index contributed by atoms with van der Waals surface area (Å²) >= 11 is 9.28. The maximum absolute atomic E-state index is 12.8. The van der Waals surface area contributed by atoms with Gasteiger partial charge in [-0.05, 0) is 36.4 Å². The minimum atomic E-state index is -0.288. The first kappa shape index (κ1) is 12.4. The Bertz CT molecular complexity index is 513. The van der Waals surface area contributed by atoms with Gasteiger partial charge in [0.15, 0.2) is 0 Å². The van der Waals surface area contributed by atoms with Crippen LogP contribution in [-0.2, 0) is 5.33 Å². The third kappa shape index (κ3) is 3.20.